The molecule has 11 heteroatoms. The number of aryl methyl sites for hydroxylation is 1. The fourth-order valence-electron chi connectivity index (χ4n) is 4.19. The van der Waals surface area contributed by atoms with Gasteiger partial charge in [-0.1, -0.05) is 29.8 Å². The van der Waals surface area contributed by atoms with Crippen molar-refractivity contribution in [3.63, 3.8) is 0 Å². The molecule has 0 bridgehead atoms. The van der Waals surface area contributed by atoms with Crippen LogP contribution in [-0.4, -0.2) is 54.9 Å². The fraction of sp³-hybridized carbons (Fsp3) is 0.462. The first kappa shape index (κ1) is 28.6. The maximum absolute atomic E-state index is 12.1. The minimum absolute atomic E-state index is 0.277. The van der Waals surface area contributed by atoms with Crippen molar-refractivity contribution in [3.05, 3.63) is 56.2 Å². The molecule has 37 heavy (non-hydrogen) atoms. The van der Waals surface area contributed by atoms with E-state index in [4.69, 9.17) is 35.3 Å². The summed E-state index contributed by atoms with van der Waals surface area (Å²) < 4.78 is 28.7. The summed E-state index contributed by atoms with van der Waals surface area (Å²) in [6.07, 6.45) is -4.87. The highest BCUT2D eigenvalue weighted by molar-refractivity contribution is 7.16. The number of esters is 4. The molecule has 9 nitrogen and oxygen atoms in total. The van der Waals surface area contributed by atoms with Gasteiger partial charge in [-0.2, -0.15) is 0 Å². The molecule has 1 aromatic carbocycles. The lowest BCUT2D eigenvalue weighted by Gasteiger charge is -2.44. The van der Waals surface area contributed by atoms with Crippen LogP contribution in [0.3, 0.4) is 0 Å². The summed E-state index contributed by atoms with van der Waals surface area (Å²) in [6.45, 7) is 6.52. The van der Waals surface area contributed by atoms with E-state index in [-0.39, 0.29) is 6.61 Å². The molecule has 1 fully saturated rings. The molecule has 0 radical (unpaired) electrons. The Balaban J connectivity index is 2.06. The van der Waals surface area contributed by atoms with Gasteiger partial charge in [0.25, 0.3) is 0 Å². The summed E-state index contributed by atoms with van der Waals surface area (Å²) >= 11 is 7.57. The number of hydrogen-bond acceptors (Lipinski definition) is 10. The summed E-state index contributed by atoms with van der Waals surface area (Å²) in [6, 6.07) is 9.44. The Labute approximate surface area is 223 Å². The van der Waals surface area contributed by atoms with Crippen LogP contribution in [0.4, 0.5) is 0 Å². The van der Waals surface area contributed by atoms with Crippen molar-refractivity contribution < 1.29 is 42.9 Å². The third-order valence-electron chi connectivity index (χ3n) is 5.69. The van der Waals surface area contributed by atoms with Gasteiger partial charge in [-0.05, 0) is 35.7 Å². The molecule has 1 saturated heterocycles. The first-order valence-corrected chi connectivity index (χ1v) is 12.8. The lowest BCUT2D eigenvalue weighted by molar-refractivity contribution is -0.254. The SMILES string of the molecule is CC(=O)OCC1O[C@@H](c2ccc(C)c(Cc3ccc(Cl)s3)c2)[C@H](OC(C)=O)[C@@H](OC(C)=O)[C@@H]1OC(C)=O. The topological polar surface area (TPSA) is 114 Å². The van der Waals surface area contributed by atoms with Crippen LogP contribution in [0.15, 0.2) is 30.3 Å². The van der Waals surface area contributed by atoms with E-state index in [0.717, 1.165) is 16.0 Å². The molecule has 2 aromatic rings. The number of ether oxygens (including phenoxy) is 5. The zero-order valence-electron chi connectivity index (χ0n) is 21.1. The van der Waals surface area contributed by atoms with Crippen molar-refractivity contribution in [2.45, 2.75) is 71.6 Å². The smallest absolute Gasteiger partial charge is 0.303 e. The fourth-order valence-corrected chi connectivity index (χ4v) is 5.30. The minimum atomic E-state index is -1.22. The van der Waals surface area contributed by atoms with Gasteiger partial charge < -0.3 is 23.7 Å². The second-order valence-corrected chi connectivity index (χ2v) is 10.5. The van der Waals surface area contributed by atoms with Crippen molar-refractivity contribution in [2.75, 3.05) is 6.61 Å². The number of halogens is 1. The van der Waals surface area contributed by atoms with Crippen LogP contribution in [-0.2, 0) is 49.3 Å². The lowest BCUT2D eigenvalue weighted by atomic mass is 9.88. The predicted molar refractivity (Wildman–Crippen MR) is 134 cm³/mol. The quantitative estimate of drug-likeness (QED) is 0.352. The summed E-state index contributed by atoms with van der Waals surface area (Å²) in [5.41, 5.74) is 2.66. The van der Waals surface area contributed by atoms with Crippen LogP contribution < -0.4 is 0 Å². The lowest BCUT2D eigenvalue weighted by Crippen LogP contribution is -2.59. The number of benzene rings is 1. The number of hydrogen-bond donors (Lipinski definition) is 0. The largest absolute Gasteiger partial charge is 0.463 e. The van der Waals surface area contributed by atoms with E-state index in [1.807, 2.05) is 37.3 Å². The standard InChI is InChI=1S/C26H29ClO9S/c1-13-6-7-18(10-19(13)11-20-8-9-22(27)37-20)23-25(34-16(4)30)26(35-17(5)31)24(33-15(3)29)21(36-23)12-32-14(2)28/h6-10,21,23-26H,11-12H2,1-5H3/t21?,23-,24+,25-,26-/m0/s1. The molecule has 0 saturated carbocycles. The number of thiophene rings is 1. The Bertz CT molecular complexity index is 1160. The van der Waals surface area contributed by atoms with Gasteiger partial charge >= 0.3 is 23.9 Å². The summed E-state index contributed by atoms with van der Waals surface area (Å²) in [5.74, 6) is -2.56. The van der Waals surface area contributed by atoms with Gasteiger partial charge in [0.05, 0.1) is 4.34 Å². The molecule has 5 atom stereocenters. The van der Waals surface area contributed by atoms with E-state index in [1.165, 1.54) is 39.0 Å². The zero-order valence-corrected chi connectivity index (χ0v) is 22.7. The maximum Gasteiger partial charge on any atom is 0.303 e. The maximum atomic E-state index is 12.1. The van der Waals surface area contributed by atoms with Crippen molar-refractivity contribution in [1.29, 1.82) is 0 Å². The molecule has 0 N–H and O–H groups in total. The van der Waals surface area contributed by atoms with Crippen molar-refractivity contribution in [3.8, 4) is 0 Å². The summed E-state index contributed by atoms with van der Waals surface area (Å²) in [5, 5.41) is 0. The Morgan fingerprint density at radius 3 is 2.05 bits per heavy atom. The van der Waals surface area contributed by atoms with Gasteiger partial charge in [0.15, 0.2) is 18.3 Å². The van der Waals surface area contributed by atoms with Crippen LogP contribution >= 0.6 is 22.9 Å². The molecule has 0 amide bonds. The van der Waals surface area contributed by atoms with Gasteiger partial charge in [-0.25, -0.2) is 0 Å². The number of rotatable bonds is 8. The average molecular weight is 553 g/mol. The Kier molecular flexibility index (Phi) is 9.69. The van der Waals surface area contributed by atoms with E-state index in [9.17, 15) is 19.2 Å². The van der Waals surface area contributed by atoms with E-state index >= 15 is 0 Å². The van der Waals surface area contributed by atoms with E-state index in [1.54, 1.807) is 0 Å². The molecular weight excluding hydrogens is 524 g/mol. The highest BCUT2D eigenvalue weighted by Crippen LogP contribution is 2.38. The van der Waals surface area contributed by atoms with Crippen LogP contribution in [0.5, 0.6) is 0 Å². The van der Waals surface area contributed by atoms with Gasteiger partial charge in [0, 0.05) is 39.0 Å². The van der Waals surface area contributed by atoms with Gasteiger partial charge in [-0.15, -0.1) is 11.3 Å². The minimum Gasteiger partial charge on any atom is -0.463 e. The first-order chi connectivity index (χ1) is 17.4. The molecule has 3 rings (SSSR count). The normalized spacial score (nSPS) is 23.1. The monoisotopic (exact) mass is 552 g/mol. The van der Waals surface area contributed by atoms with E-state index < -0.39 is 54.4 Å². The summed E-state index contributed by atoms with van der Waals surface area (Å²) in [4.78, 5) is 48.7. The molecule has 1 aliphatic rings. The molecular formula is C26H29ClO9S. The molecule has 0 aliphatic carbocycles. The van der Waals surface area contributed by atoms with Crippen LogP contribution in [0.2, 0.25) is 4.34 Å². The van der Waals surface area contributed by atoms with E-state index in [2.05, 4.69) is 0 Å². The van der Waals surface area contributed by atoms with Gasteiger partial charge in [-0.3, -0.25) is 19.2 Å². The highest BCUT2D eigenvalue weighted by Gasteiger charge is 2.52. The van der Waals surface area contributed by atoms with Crippen molar-refractivity contribution in [2.24, 2.45) is 0 Å². The van der Waals surface area contributed by atoms with Gasteiger partial charge in [0.2, 0.25) is 0 Å². The van der Waals surface area contributed by atoms with Crippen molar-refractivity contribution >= 4 is 46.8 Å². The predicted octanol–water partition coefficient (Wildman–Crippen LogP) is 4.10. The molecule has 1 aromatic heterocycles. The first-order valence-electron chi connectivity index (χ1n) is 11.6. The second kappa shape index (κ2) is 12.5. The Hall–Kier alpha value is -2.95. The highest BCUT2D eigenvalue weighted by atomic mass is 35.5. The van der Waals surface area contributed by atoms with Crippen LogP contribution in [0.1, 0.15) is 55.4 Å². The average Bonchev–Trinajstić information content (AvgIpc) is 3.20. The zero-order chi connectivity index (χ0) is 27.3. The van der Waals surface area contributed by atoms with Gasteiger partial charge in [0.1, 0.15) is 18.8 Å². The third-order valence-corrected chi connectivity index (χ3v) is 6.92. The second-order valence-electron chi connectivity index (χ2n) is 8.69. The number of carbonyl (C=O) groups is 4. The molecule has 1 unspecified atom stereocenters. The Morgan fingerprint density at radius 1 is 0.865 bits per heavy atom. The van der Waals surface area contributed by atoms with E-state index in [0.29, 0.717) is 16.3 Å². The molecule has 2 heterocycles. The summed E-state index contributed by atoms with van der Waals surface area (Å²) in [7, 11) is 0. The van der Waals surface area contributed by atoms with Crippen LogP contribution in [0.25, 0.3) is 0 Å². The van der Waals surface area contributed by atoms with Crippen LogP contribution in [0, 0.1) is 6.92 Å². The third kappa shape index (κ3) is 7.77. The number of carbonyl (C=O) groups excluding carboxylic acids is 4. The molecule has 0 spiro atoms. The Morgan fingerprint density at radius 2 is 1.49 bits per heavy atom. The molecule has 1 aliphatic heterocycles. The van der Waals surface area contributed by atoms with Crippen molar-refractivity contribution in [1.82, 2.24) is 0 Å². The molecule has 200 valence electrons.